The fourth-order valence-electron chi connectivity index (χ4n) is 0.131. The van der Waals surface area contributed by atoms with E-state index in [-0.39, 0.29) is 7.43 Å². The SMILES string of the molecule is C.FC(F)(F)OC(F)(F)F. The largest absolute Gasteiger partial charge is 0.529 e. The monoisotopic (exact) mass is 170 g/mol. The molecule has 0 rings (SSSR count). The molecule has 0 spiro atoms. The lowest BCUT2D eigenvalue weighted by Gasteiger charge is -2.08. The molecule has 1 nitrogen and oxygen atoms in total. The number of alkyl halides is 6. The predicted molar refractivity (Wildman–Crippen MR) is 19.9 cm³/mol. The van der Waals surface area contributed by atoms with Crippen LogP contribution in [0.2, 0.25) is 0 Å². The molecule has 0 N–H and O–H groups in total. The van der Waals surface area contributed by atoms with E-state index >= 15 is 0 Å². The molecular weight excluding hydrogens is 166 g/mol. The summed E-state index contributed by atoms with van der Waals surface area (Å²) in [5.74, 6) is 0. The Hall–Kier alpha value is -0.460. The van der Waals surface area contributed by atoms with E-state index in [9.17, 15) is 26.3 Å². The third kappa shape index (κ3) is 10.5. The molecule has 0 radical (unpaired) electrons. The second kappa shape index (κ2) is 3.09. The minimum absolute atomic E-state index is 0. The van der Waals surface area contributed by atoms with E-state index in [1.54, 1.807) is 4.74 Å². The lowest BCUT2D eigenvalue weighted by molar-refractivity contribution is -0.463. The molecule has 0 aromatic heterocycles. The van der Waals surface area contributed by atoms with Crippen molar-refractivity contribution in [3.63, 3.8) is 0 Å². The first-order valence-electron chi connectivity index (χ1n) is 1.54. The van der Waals surface area contributed by atoms with Gasteiger partial charge in [-0.05, 0) is 0 Å². The first kappa shape index (κ1) is 12.2. The van der Waals surface area contributed by atoms with Gasteiger partial charge in [-0.15, -0.1) is 26.3 Å². The van der Waals surface area contributed by atoms with Gasteiger partial charge in [-0.3, -0.25) is 0 Å². The van der Waals surface area contributed by atoms with E-state index in [2.05, 4.69) is 0 Å². The van der Waals surface area contributed by atoms with Crippen LogP contribution < -0.4 is 0 Å². The van der Waals surface area contributed by atoms with Gasteiger partial charge >= 0.3 is 12.7 Å². The Balaban J connectivity index is 0. The van der Waals surface area contributed by atoms with Crippen molar-refractivity contribution < 1.29 is 31.1 Å². The topological polar surface area (TPSA) is 9.23 Å². The maximum atomic E-state index is 10.6. The third-order valence-electron chi connectivity index (χ3n) is 0.231. The number of rotatable bonds is 0. The van der Waals surface area contributed by atoms with Gasteiger partial charge in [0.15, 0.2) is 0 Å². The summed E-state index contributed by atoms with van der Waals surface area (Å²) >= 11 is 0. The lowest BCUT2D eigenvalue weighted by Crippen LogP contribution is -2.25. The number of ether oxygens (including phenoxy) is 1. The molecule has 0 amide bonds. The summed E-state index contributed by atoms with van der Waals surface area (Å²) in [5, 5.41) is 0. The van der Waals surface area contributed by atoms with Crippen LogP contribution in [0.1, 0.15) is 7.43 Å². The van der Waals surface area contributed by atoms with Gasteiger partial charge in [0, 0.05) is 0 Å². The summed E-state index contributed by atoms with van der Waals surface area (Å²) in [6.07, 6.45) is -11.3. The summed E-state index contributed by atoms with van der Waals surface area (Å²) in [6.45, 7) is 0. The summed E-state index contributed by atoms with van der Waals surface area (Å²) in [7, 11) is 0. The van der Waals surface area contributed by atoms with Crippen molar-refractivity contribution in [3.05, 3.63) is 0 Å². The summed E-state index contributed by atoms with van der Waals surface area (Å²) in [5.41, 5.74) is 0. The zero-order valence-corrected chi connectivity index (χ0v) is 3.68. The smallest absolute Gasteiger partial charge is 0.196 e. The van der Waals surface area contributed by atoms with Crippen LogP contribution in [0.25, 0.3) is 0 Å². The third-order valence-corrected chi connectivity index (χ3v) is 0.231. The molecule has 7 heteroatoms. The zero-order valence-electron chi connectivity index (χ0n) is 3.68. The normalized spacial score (nSPS) is 12.6. The molecule has 0 aliphatic rings. The van der Waals surface area contributed by atoms with E-state index in [1.165, 1.54) is 0 Å². The van der Waals surface area contributed by atoms with Gasteiger partial charge in [0.05, 0.1) is 0 Å². The summed E-state index contributed by atoms with van der Waals surface area (Å²) in [4.78, 5) is 0. The number of hydrogen-bond acceptors (Lipinski definition) is 1. The Bertz CT molecular complexity index is 78.1. The average molecular weight is 170 g/mol. The van der Waals surface area contributed by atoms with Crippen LogP contribution in [0.5, 0.6) is 0 Å². The Morgan fingerprint density at radius 3 is 0.900 bits per heavy atom. The zero-order chi connectivity index (χ0) is 7.71. The summed E-state index contributed by atoms with van der Waals surface area (Å²) in [6, 6.07) is 0. The molecule has 0 unspecified atom stereocenters. The van der Waals surface area contributed by atoms with E-state index in [4.69, 9.17) is 0 Å². The predicted octanol–water partition coefficient (Wildman–Crippen LogP) is 2.68. The molecule has 0 atom stereocenters. The highest BCUT2D eigenvalue weighted by Crippen LogP contribution is 2.28. The van der Waals surface area contributed by atoms with Crippen molar-refractivity contribution in [2.24, 2.45) is 0 Å². The maximum Gasteiger partial charge on any atom is 0.529 e. The van der Waals surface area contributed by atoms with Crippen LogP contribution in [0.4, 0.5) is 26.3 Å². The van der Waals surface area contributed by atoms with Crippen molar-refractivity contribution in [1.82, 2.24) is 0 Å². The molecular formula is C3H4F6O. The Morgan fingerprint density at radius 2 is 0.900 bits per heavy atom. The second-order valence-corrected chi connectivity index (χ2v) is 0.994. The van der Waals surface area contributed by atoms with Gasteiger partial charge < -0.3 is 0 Å². The van der Waals surface area contributed by atoms with Gasteiger partial charge in [-0.2, -0.15) is 4.74 Å². The van der Waals surface area contributed by atoms with Crippen LogP contribution in [-0.2, 0) is 4.74 Å². The molecule has 10 heavy (non-hydrogen) atoms. The molecule has 0 aromatic rings. The van der Waals surface area contributed by atoms with Crippen LogP contribution in [-0.4, -0.2) is 12.7 Å². The number of hydrogen-bond donors (Lipinski definition) is 0. The molecule has 0 aliphatic heterocycles. The van der Waals surface area contributed by atoms with Crippen LogP contribution in [0, 0.1) is 0 Å². The van der Waals surface area contributed by atoms with Gasteiger partial charge in [0.1, 0.15) is 0 Å². The van der Waals surface area contributed by atoms with E-state index in [0.29, 0.717) is 0 Å². The van der Waals surface area contributed by atoms with Crippen LogP contribution in [0.15, 0.2) is 0 Å². The number of halogens is 6. The maximum absolute atomic E-state index is 10.6. The highest BCUT2D eigenvalue weighted by molar-refractivity contribution is 4.30. The van der Waals surface area contributed by atoms with Crippen molar-refractivity contribution in [2.45, 2.75) is 20.2 Å². The quantitative estimate of drug-likeness (QED) is 0.508. The molecule has 64 valence electrons. The summed E-state index contributed by atoms with van der Waals surface area (Å²) < 4.78 is 65.3. The first-order valence-corrected chi connectivity index (χ1v) is 1.54. The van der Waals surface area contributed by atoms with Crippen molar-refractivity contribution in [2.75, 3.05) is 0 Å². The van der Waals surface area contributed by atoms with Crippen molar-refractivity contribution in [3.8, 4) is 0 Å². The van der Waals surface area contributed by atoms with E-state index in [1.807, 2.05) is 0 Å². The molecule has 0 saturated carbocycles. The van der Waals surface area contributed by atoms with Gasteiger partial charge in [-0.1, -0.05) is 7.43 Å². The van der Waals surface area contributed by atoms with Gasteiger partial charge in [0.2, 0.25) is 0 Å². The fraction of sp³-hybridized carbons (Fsp3) is 1.00. The highest BCUT2D eigenvalue weighted by Gasteiger charge is 2.45. The Kier molecular flexibility index (Phi) is 3.78. The molecule has 0 heterocycles. The van der Waals surface area contributed by atoms with E-state index < -0.39 is 12.7 Å². The molecule has 0 saturated heterocycles. The van der Waals surface area contributed by atoms with Crippen LogP contribution >= 0.6 is 0 Å². The Labute approximate surface area is 52.6 Å². The minimum Gasteiger partial charge on any atom is -0.196 e. The minimum atomic E-state index is -5.64. The van der Waals surface area contributed by atoms with Gasteiger partial charge in [0.25, 0.3) is 0 Å². The van der Waals surface area contributed by atoms with Crippen molar-refractivity contribution >= 4 is 0 Å². The van der Waals surface area contributed by atoms with Crippen molar-refractivity contribution in [1.29, 1.82) is 0 Å². The highest BCUT2D eigenvalue weighted by atomic mass is 19.4. The lowest BCUT2D eigenvalue weighted by atomic mass is 11.2. The molecule has 0 fully saturated rings. The van der Waals surface area contributed by atoms with Gasteiger partial charge in [-0.25, -0.2) is 0 Å². The first-order chi connectivity index (χ1) is 3.71. The second-order valence-electron chi connectivity index (χ2n) is 0.994. The standard InChI is InChI=1S/C2F6O.CH4/c3-1(4,5)9-2(6,7)8;/h;1H4. The Morgan fingerprint density at radius 1 is 0.700 bits per heavy atom. The fourth-order valence-corrected chi connectivity index (χ4v) is 0.131. The molecule has 0 aliphatic carbocycles. The molecule has 0 bridgehead atoms. The van der Waals surface area contributed by atoms with E-state index in [0.717, 1.165) is 0 Å². The van der Waals surface area contributed by atoms with Crippen LogP contribution in [0.3, 0.4) is 0 Å². The average Bonchev–Trinajstić information content (AvgIpc) is 1.14. The molecule has 0 aromatic carbocycles.